The molecule has 35 heavy (non-hydrogen) atoms. The molecule has 3 heterocycles. The minimum Gasteiger partial charge on any atom is -0.489 e. The van der Waals surface area contributed by atoms with E-state index >= 15 is 0 Å². The monoisotopic (exact) mass is 480 g/mol. The van der Waals surface area contributed by atoms with E-state index in [1.807, 2.05) is 19.1 Å². The van der Waals surface area contributed by atoms with E-state index in [0.717, 1.165) is 36.9 Å². The fourth-order valence-electron chi connectivity index (χ4n) is 4.52. The van der Waals surface area contributed by atoms with Crippen LogP contribution in [-0.4, -0.2) is 63.7 Å². The Bertz CT molecular complexity index is 1170. The highest BCUT2D eigenvalue weighted by atomic mass is 19.1. The molecule has 3 aromatic rings. The van der Waals surface area contributed by atoms with Crippen LogP contribution in [0.4, 0.5) is 10.1 Å². The molecule has 0 spiro atoms. The zero-order valence-corrected chi connectivity index (χ0v) is 20.5. The normalized spacial score (nSPS) is 17.5. The fraction of sp³-hybridized carbons (Fsp3) is 0.462. The summed E-state index contributed by atoms with van der Waals surface area (Å²) >= 11 is 0. The molecule has 186 valence electrons. The lowest BCUT2D eigenvalue weighted by atomic mass is 9.99. The number of halogens is 1. The topological polar surface area (TPSA) is 106 Å². The summed E-state index contributed by atoms with van der Waals surface area (Å²) < 4.78 is 20.9. The number of anilines is 1. The van der Waals surface area contributed by atoms with Crippen molar-refractivity contribution in [1.82, 2.24) is 25.2 Å². The van der Waals surface area contributed by atoms with Gasteiger partial charge in [0.2, 0.25) is 5.91 Å². The van der Waals surface area contributed by atoms with Gasteiger partial charge in [-0.2, -0.15) is 0 Å². The van der Waals surface area contributed by atoms with E-state index in [9.17, 15) is 9.18 Å². The van der Waals surface area contributed by atoms with Gasteiger partial charge in [0.1, 0.15) is 18.2 Å². The molecule has 3 N–H and O–H groups in total. The number of nitrogens with two attached hydrogens (primary N) is 1. The van der Waals surface area contributed by atoms with Crippen LogP contribution in [0.2, 0.25) is 0 Å². The number of benzene rings is 1. The van der Waals surface area contributed by atoms with Gasteiger partial charge in [-0.1, -0.05) is 6.42 Å². The number of nitrogen functional groups attached to an aromatic ring is 1. The molecule has 1 aliphatic rings. The number of ether oxygens (including phenoxy) is 1. The number of pyridine rings is 1. The molecule has 1 saturated heterocycles. The summed E-state index contributed by atoms with van der Waals surface area (Å²) in [5.41, 5.74) is 8.59. The van der Waals surface area contributed by atoms with Crippen molar-refractivity contribution < 1.29 is 13.9 Å². The van der Waals surface area contributed by atoms with Crippen LogP contribution in [0.5, 0.6) is 5.75 Å². The molecule has 8 nitrogen and oxygen atoms in total. The second-order valence-electron chi connectivity index (χ2n) is 9.29. The zero-order valence-electron chi connectivity index (χ0n) is 20.5. The number of aromatic nitrogens is 3. The number of likely N-dealkylation sites (tertiary alicyclic amines) is 1. The van der Waals surface area contributed by atoms with Gasteiger partial charge in [-0.3, -0.25) is 14.7 Å². The maximum absolute atomic E-state index is 14.9. The Morgan fingerprint density at radius 1 is 1.23 bits per heavy atom. The van der Waals surface area contributed by atoms with Crippen LogP contribution in [-0.2, 0) is 4.79 Å². The Labute approximate surface area is 205 Å². The number of rotatable bonds is 8. The summed E-state index contributed by atoms with van der Waals surface area (Å²) in [6, 6.07) is 5.53. The van der Waals surface area contributed by atoms with E-state index in [1.165, 1.54) is 0 Å². The molecule has 1 unspecified atom stereocenters. The van der Waals surface area contributed by atoms with E-state index in [4.69, 9.17) is 10.5 Å². The number of alkyl halides is 1. The first-order valence-electron chi connectivity index (χ1n) is 12.1. The summed E-state index contributed by atoms with van der Waals surface area (Å²) in [5.74, 6) is 0.985. The number of carbonyl (C=O) groups excluding carboxylic acids is 1. The third kappa shape index (κ3) is 5.85. The van der Waals surface area contributed by atoms with Crippen molar-refractivity contribution in [1.29, 1.82) is 0 Å². The van der Waals surface area contributed by atoms with Gasteiger partial charge in [-0.05, 0) is 58.4 Å². The molecular weight excluding hydrogens is 447 g/mol. The van der Waals surface area contributed by atoms with E-state index in [0.29, 0.717) is 28.2 Å². The van der Waals surface area contributed by atoms with Gasteiger partial charge in [0.25, 0.3) is 0 Å². The predicted octanol–water partition coefficient (Wildman–Crippen LogP) is 3.68. The lowest BCUT2D eigenvalue weighted by molar-refractivity contribution is -0.128. The first-order chi connectivity index (χ1) is 16.8. The Morgan fingerprint density at radius 3 is 2.74 bits per heavy atom. The number of hydrogen-bond acceptors (Lipinski definition) is 7. The van der Waals surface area contributed by atoms with Gasteiger partial charge >= 0.3 is 0 Å². The lowest BCUT2D eigenvalue weighted by Gasteiger charge is -2.37. The Balaban J connectivity index is 1.48. The largest absolute Gasteiger partial charge is 0.489 e. The third-order valence-electron chi connectivity index (χ3n) is 6.35. The van der Waals surface area contributed by atoms with Crippen molar-refractivity contribution in [2.45, 2.75) is 58.3 Å². The summed E-state index contributed by atoms with van der Waals surface area (Å²) in [4.78, 5) is 27.9. The molecule has 2 atom stereocenters. The van der Waals surface area contributed by atoms with Gasteiger partial charge in [0.05, 0.1) is 30.0 Å². The van der Waals surface area contributed by atoms with Crippen LogP contribution < -0.4 is 15.8 Å². The molecule has 9 heteroatoms. The number of hydrogen-bond donors (Lipinski definition) is 2. The van der Waals surface area contributed by atoms with Gasteiger partial charge in [-0.25, -0.2) is 14.4 Å². The Kier molecular flexibility index (Phi) is 7.75. The maximum atomic E-state index is 14.9. The van der Waals surface area contributed by atoms with Crippen LogP contribution in [0.25, 0.3) is 22.0 Å². The molecule has 0 saturated carbocycles. The van der Waals surface area contributed by atoms with Gasteiger partial charge in [0.15, 0.2) is 6.17 Å². The molecule has 0 aliphatic carbocycles. The molecule has 1 amide bonds. The summed E-state index contributed by atoms with van der Waals surface area (Å²) in [5, 5.41) is 3.46. The molecule has 0 radical (unpaired) electrons. The summed E-state index contributed by atoms with van der Waals surface area (Å²) in [6.45, 7) is 6.52. The summed E-state index contributed by atoms with van der Waals surface area (Å²) in [6.07, 6.45) is 6.47. The first kappa shape index (κ1) is 24.8. The molecule has 1 aromatic carbocycles. The van der Waals surface area contributed by atoms with Crippen LogP contribution in [0.15, 0.2) is 36.8 Å². The van der Waals surface area contributed by atoms with Crippen LogP contribution in [0.3, 0.4) is 0 Å². The number of amides is 1. The van der Waals surface area contributed by atoms with Crippen LogP contribution >= 0.6 is 0 Å². The van der Waals surface area contributed by atoms with E-state index in [-0.39, 0.29) is 31.1 Å². The standard InChI is InChI=1S/C26H33FN6O2/c1-16(2)33-9-5-4-6-24(33)26(34)32-13-19(27)15-35-25-21(18-11-29-17(3)30-12-18)7-8-23-22(25)10-20(28)14-31-23/h7-8,10-12,14,16,19,24H,4-6,9,13,15,28H2,1-3H3,(H,32,34)/t19?,24-/m0/s1. The van der Waals surface area contributed by atoms with Crippen molar-refractivity contribution in [3.05, 3.63) is 42.6 Å². The van der Waals surface area contributed by atoms with Crippen LogP contribution in [0.1, 0.15) is 38.9 Å². The van der Waals surface area contributed by atoms with Crippen molar-refractivity contribution in [2.24, 2.45) is 0 Å². The molecule has 0 bridgehead atoms. The fourth-order valence-corrected chi connectivity index (χ4v) is 4.52. The highest BCUT2D eigenvalue weighted by Gasteiger charge is 2.30. The second kappa shape index (κ2) is 10.9. The minimum absolute atomic E-state index is 0.116. The van der Waals surface area contributed by atoms with Gasteiger partial charge < -0.3 is 15.8 Å². The first-order valence-corrected chi connectivity index (χ1v) is 12.1. The average molecular weight is 481 g/mol. The third-order valence-corrected chi connectivity index (χ3v) is 6.35. The lowest BCUT2D eigenvalue weighted by Crippen LogP contribution is -2.53. The highest BCUT2D eigenvalue weighted by Crippen LogP contribution is 2.36. The maximum Gasteiger partial charge on any atom is 0.237 e. The van der Waals surface area contributed by atoms with Gasteiger partial charge in [-0.15, -0.1) is 0 Å². The van der Waals surface area contributed by atoms with Crippen molar-refractivity contribution in [3.63, 3.8) is 0 Å². The Morgan fingerprint density at radius 2 is 2.00 bits per heavy atom. The second-order valence-corrected chi connectivity index (χ2v) is 9.29. The predicted molar refractivity (Wildman–Crippen MR) is 135 cm³/mol. The van der Waals surface area contributed by atoms with E-state index < -0.39 is 6.17 Å². The summed E-state index contributed by atoms with van der Waals surface area (Å²) in [7, 11) is 0. The van der Waals surface area contributed by atoms with Crippen molar-refractivity contribution in [2.75, 3.05) is 25.4 Å². The minimum atomic E-state index is -1.39. The van der Waals surface area contributed by atoms with E-state index in [1.54, 1.807) is 24.7 Å². The number of aryl methyl sites for hydroxylation is 1. The smallest absolute Gasteiger partial charge is 0.237 e. The number of fused-ring (bicyclic) bond motifs is 1. The molecule has 4 rings (SSSR count). The van der Waals surface area contributed by atoms with Crippen molar-refractivity contribution >= 4 is 22.5 Å². The van der Waals surface area contributed by atoms with Crippen molar-refractivity contribution in [3.8, 4) is 16.9 Å². The van der Waals surface area contributed by atoms with E-state index in [2.05, 4.69) is 39.0 Å². The molecular formula is C26H33FN6O2. The average Bonchev–Trinajstić information content (AvgIpc) is 2.86. The molecule has 1 aliphatic heterocycles. The number of piperidine rings is 1. The van der Waals surface area contributed by atoms with Crippen LogP contribution in [0, 0.1) is 6.92 Å². The van der Waals surface area contributed by atoms with Gasteiger partial charge in [0, 0.05) is 34.9 Å². The highest BCUT2D eigenvalue weighted by molar-refractivity contribution is 5.94. The number of nitrogens with zero attached hydrogens (tertiary/aromatic N) is 4. The Hall–Kier alpha value is -3.33. The quantitative estimate of drug-likeness (QED) is 0.507. The zero-order chi connectivity index (χ0) is 24.9. The number of nitrogens with one attached hydrogen (secondary N) is 1. The SMILES string of the molecule is Cc1ncc(-c2ccc3ncc(N)cc3c2OCC(F)CNC(=O)[C@@H]2CCCCN2C(C)C)cn1. The number of carbonyl (C=O) groups is 1. The molecule has 1 fully saturated rings. The molecule has 2 aromatic heterocycles.